The zero-order valence-corrected chi connectivity index (χ0v) is 18.1. The molecule has 0 radical (unpaired) electrons. The number of hydrogen-bond donors (Lipinski definition) is 0. The Bertz CT molecular complexity index is 865. The predicted molar refractivity (Wildman–Crippen MR) is 113 cm³/mol. The molecule has 2 aromatic carbocycles. The summed E-state index contributed by atoms with van der Waals surface area (Å²) in [6.45, 7) is 8.03. The van der Waals surface area contributed by atoms with Gasteiger partial charge in [-0.15, -0.1) is 0 Å². The summed E-state index contributed by atoms with van der Waals surface area (Å²) in [5.41, 5.74) is 0.350. The van der Waals surface area contributed by atoms with Crippen molar-refractivity contribution in [2.75, 3.05) is 7.11 Å². The molecule has 1 fully saturated rings. The lowest BCUT2D eigenvalue weighted by atomic mass is 9.66. The molecule has 160 valence electrons. The Hall–Kier alpha value is -2.38. The van der Waals surface area contributed by atoms with Gasteiger partial charge in [0.1, 0.15) is 18.2 Å². The van der Waals surface area contributed by atoms with Crippen LogP contribution in [0.15, 0.2) is 48.5 Å². The molecule has 0 aromatic heterocycles. The maximum absolute atomic E-state index is 13.8. The number of carbonyl (C=O) groups is 1. The van der Waals surface area contributed by atoms with Crippen LogP contribution in [0.2, 0.25) is 0 Å². The molecule has 1 saturated heterocycles. The van der Waals surface area contributed by atoms with E-state index in [-0.39, 0.29) is 30.6 Å². The van der Waals surface area contributed by atoms with Crippen molar-refractivity contribution in [3.63, 3.8) is 0 Å². The van der Waals surface area contributed by atoms with E-state index in [1.165, 1.54) is 13.2 Å². The van der Waals surface area contributed by atoms with E-state index in [0.29, 0.717) is 11.3 Å². The van der Waals surface area contributed by atoms with E-state index in [1.807, 2.05) is 39.8 Å². The van der Waals surface area contributed by atoms with Crippen LogP contribution in [0.5, 0.6) is 5.75 Å². The Morgan fingerprint density at radius 2 is 1.63 bits per heavy atom. The highest BCUT2D eigenvalue weighted by atomic mass is 19.1. The second-order valence-electron chi connectivity index (χ2n) is 8.46. The van der Waals surface area contributed by atoms with Crippen molar-refractivity contribution in [2.45, 2.75) is 57.7 Å². The molecular formula is C23H28BFO5. The number of rotatable bonds is 7. The molecule has 5 nitrogen and oxygen atoms in total. The maximum atomic E-state index is 13.8. The second-order valence-corrected chi connectivity index (χ2v) is 8.46. The summed E-state index contributed by atoms with van der Waals surface area (Å²) in [6.07, 6.45) is 0.128. The van der Waals surface area contributed by atoms with Gasteiger partial charge in [-0.05, 0) is 51.5 Å². The summed E-state index contributed by atoms with van der Waals surface area (Å²) in [4.78, 5) is 12.0. The summed E-state index contributed by atoms with van der Waals surface area (Å²) in [6, 6.07) is 13.8. The van der Waals surface area contributed by atoms with E-state index in [9.17, 15) is 9.18 Å². The first kappa shape index (κ1) is 22.3. The normalized spacial score (nSPS) is 18.1. The molecule has 0 bridgehead atoms. The molecule has 7 heteroatoms. The molecule has 2 aromatic rings. The number of benzene rings is 2. The van der Waals surface area contributed by atoms with Crippen LogP contribution in [0, 0.1) is 5.82 Å². The lowest BCUT2D eigenvalue weighted by Crippen LogP contribution is -2.41. The molecule has 0 amide bonds. The van der Waals surface area contributed by atoms with Crippen LogP contribution in [-0.2, 0) is 25.4 Å². The zero-order chi connectivity index (χ0) is 21.9. The average molecular weight is 414 g/mol. The minimum atomic E-state index is -0.584. The van der Waals surface area contributed by atoms with Crippen LogP contribution < -0.4 is 4.74 Å². The van der Waals surface area contributed by atoms with Crippen molar-refractivity contribution in [1.29, 1.82) is 0 Å². The van der Waals surface area contributed by atoms with E-state index in [2.05, 4.69) is 0 Å². The minimum Gasteiger partial charge on any atom is -0.489 e. The third-order valence-electron chi connectivity index (χ3n) is 5.87. The first-order chi connectivity index (χ1) is 14.1. The number of methoxy groups -OCH3 is 1. The molecule has 0 aliphatic carbocycles. The smallest absolute Gasteiger partial charge is 0.466 e. The maximum Gasteiger partial charge on any atom is 0.466 e. The van der Waals surface area contributed by atoms with E-state index >= 15 is 0 Å². The molecule has 1 atom stereocenters. The fourth-order valence-electron chi connectivity index (χ4n) is 3.27. The highest BCUT2D eigenvalue weighted by molar-refractivity contribution is 6.48. The van der Waals surface area contributed by atoms with Gasteiger partial charge in [0.05, 0.1) is 24.7 Å². The van der Waals surface area contributed by atoms with E-state index < -0.39 is 18.3 Å². The van der Waals surface area contributed by atoms with Gasteiger partial charge in [0.15, 0.2) is 0 Å². The van der Waals surface area contributed by atoms with Gasteiger partial charge in [-0.2, -0.15) is 0 Å². The van der Waals surface area contributed by atoms with Gasteiger partial charge in [-0.25, -0.2) is 4.39 Å². The number of ether oxygens (including phenoxy) is 2. The molecule has 1 aliphatic heterocycles. The highest BCUT2D eigenvalue weighted by Gasteiger charge is 2.54. The third-order valence-corrected chi connectivity index (χ3v) is 5.87. The Labute approximate surface area is 177 Å². The Morgan fingerprint density at radius 1 is 1.03 bits per heavy atom. The standard InChI is InChI=1S/C23H28BFO5/c1-22(2)23(3,4)30-24(29-22)19(14-21(26)27-5)16-10-12-18(13-11-16)28-15-17-8-6-7-9-20(17)25/h6-13,19H,14-15H2,1-5H3. The molecule has 3 rings (SSSR count). The molecule has 0 saturated carbocycles. The lowest BCUT2D eigenvalue weighted by Gasteiger charge is -2.32. The fraction of sp³-hybridized carbons (Fsp3) is 0.435. The van der Waals surface area contributed by atoms with E-state index in [0.717, 1.165) is 5.56 Å². The monoisotopic (exact) mass is 414 g/mol. The third kappa shape index (κ3) is 4.85. The van der Waals surface area contributed by atoms with Crippen LogP contribution >= 0.6 is 0 Å². The molecule has 0 N–H and O–H groups in total. The summed E-state index contributed by atoms with van der Waals surface area (Å²) in [5.74, 6) is -0.366. The number of esters is 1. The molecule has 1 heterocycles. The van der Waals surface area contributed by atoms with Gasteiger partial charge < -0.3 is 18.8 Å². The zero-order valence-electron chi connectivity index (χ0n) is 18.1. The second kappa shape index (κ2) is 8.78. The fourth-order valence-corrected chi connectivity index (χ4v) is 3.27. The van der Waals surface area contributed by atoms with Gasteiger partial charge in [-0.3, -0.25) is 4.79 Å². The number of halogens is 1. The van der Waals surface area contributed by atoms with Crippen molar-refractivity contribution in [3.05, 3.63) is 65.5 Å². The SMILES string of the molecule is COC(=O)CC(B1OC(C)(C)C(C)(C)O1)c1ccc(OCc2ccccc2F)cc1. The highest BCUT2D eigenvalue weighted by Crippen LogP contribution is 2.42. The molecule has 1 aliphatic rings. The Morgan fingerprint density at radius 3 is 2.20 bits per heavy atom. The van der Waals surface area contributed by atoms with Gasteiger partial charge in [0.25, 0.3) is 0 Å². The molecule has 30 heavy (non-hydrogen) atoms. The topological polar surface area (TPSA) is 54.0 Å². The minimum absolute atomic E-state index is 0.128. The summed E-state index contributed by atoms with van der Waals surface area (Å²) < 4.78 is 36.7. The Balaban J connectivity index is 1.75. The van der Waals surface area contributed by atoms with Crippen molar-refractivity contribution in [1.82, 2.24) is 0 Å². The number of hydrogen-bond acceptors (Lipinski definition) is 5. The first-order valence-corrected chi connectivity index (χ1v) is 10.0. The average Bonchev–Trinajstić information content (AvgIpc) is 2.92. The van der Waals surface area contributed by atoms with Crippen LogP contribution in [-0.4, -0.2) is 31.4 Å². The van der Waals surface area contributed by atoms with Gasteiger partial charge >= 0.3 is 13.1 Å². The summed E-state index contributed by atoms with van der Waals surface area (Å²) in [5, 5.41) is 0. The number of carbonyl (C=O) groups excluding carboxylic acids is 1. The van der Waals surface area contributed by atoms with Crippen LogP contribution in [0.1, 0.15) is 51.1 Å². The first-order valence-electron chi connectivity index (χ1n) is 10.0. The van der Waals surface area contributed by atoms with Crippen molar-refractivity contribution >= 4 is 13.1 Å². The van der Waals surface area contributed by atoms with Crippen molar-refractivity contribution < 1.29 is 28.0 Å². The van der Waals surface area contributed by atoms with Crippen molar-refractivity contribution in [2.24, 2.45) is 0 Å². The molecule has 0 spiro atoms. The largest absolute Gasteiger partial charge is 0.489 e. The van der Waals surface area contributed by atoms with E-state index in [4.69, 9.17) is 18.8 Å². The molecular weight excluding hydrogens is 386 g/mol. The van der Waals surface area contributed by atoms with Crippen molar-refractivity contribution in [3.8, 4) is 5.75 Å². The summed E-state index contributed by atoms with van der Waals surface area (Å²) in [7, 11) is 0.780. The predicted octanol–water partition coefficient (Wildman–Crippen LogP) is 4.68. The van der Waals surface area contributed by atoms with Gasteiger partial charge in [0.2, 0.25) is 0 Å². The van der Waals surface area contributed by atoms with Gasteiger partial charge in [-0.1, -0.05) is 30.3 Å². The van der Waals surface area contributed by atoms with Crippen LogP contribution in [0.3, 0.4) is 0 Å². The van der Waals surface area contributed by atoms with Crippen LogP contribution in [0.25, 0.3) is 0 Å². The Kier molecular flexibility index (Phi) is 6.53. The van der Waals surface area contributed by atoms with Crippen LogP contribution in [0.4, 0.5) is 4.39 Å². The summed E-state index contributed by atoms with van der Waals surface area (Å²) >= 11 is 0. The molecule has 1 unspecified atom stereocenters. The van der Waals surface area contributed by atoms with E-state index in [1.54, 1.807) is 30.3 Å². The quantitative estimate of drug-likeness (QED) is 0.486. The van der Waals surface area contributed by atoms with Gasteiger partial charge in [0, 0.05) is 11.4 Å². The lowest BCUT2D eigenvalue weighted by molar-refractivity contribution is -0.140.